The van der Waals surface area contributed by atoms with Crippen molar-refractivity contribution in [3.8, 4) is 50.7 Å². The molecule has 9 aromatic carbocycles. The maximum atomic E-state index is 5.65. The normalized spacial score (nSPS) is 12.3. The van der Waals surface area contributed by atoms with E-state index in [1.54, 1.807) is 0 Å². The Labute approximate surface area is 349 Å². The zero-order valence-corrected chi connectivity index (χ0v) is 32.8. The molecule has 13 aromatic rings. The van der Waals surface area contributed by atoms with E-state index in [1.807, 2.05) is 0 Å². The van der Waals surface area contributed by atoms with Crippen LogP contribution in [0.4, 0.5) is 0 Å². The lowest BCUT2D eigenvalue weighted by atomic mass is 9.91. The van der Waals surface area contributed by atoms with Crippen molar-refractivity contribution in [2.45, 2.75) is 0 Å². The molecule has 0 atom stereocenters. The van der Waals surface area contributed by atoms with Gasteiger partial charge in [-0.3, -0.25) is 4.57 Å². The second-order valence-corrected chi connectivity index (χ2v) is 16.1. The van der Waals surface area contributed by atoms with E-state index in [-0.39, 0.29) is 0 Å². The molecule has 0 saturated carbocycles. The van der Waals surface area contributed by atoms with E-state index >= 15 is 0 Å². The Morgan fingerprint density at radius 2 is 0.885 bits per heavy atom. The third-order valence-electron chi connectivity index (χ3n) is 13.0. The molecule has 0 unspecified atom stereocenters. The zero-order chi connectivity index (χ0) is 39.8. The fourth-order valence-electron chi connectivity index (χ4n) is 10.5. The fraction of sp³-hybridized carbons (Fsp3) is 0. The van der Waals surface area contributed by atoms with Crippen molar-refractivity contribution in [1.82, 2.24) is 23.7 Å². The van der Waals surface area contributed by atoms with Gasteiger partial charge in [-0.15, -0.1) is 0 Å². The summed E-state index contributed by atoms with van der Waals surface area (Å²) in [6.07, 6.45) is 0. The van der Waals surface area contributed by atoms with E-state index in [4.69, 9.17) is 9.97 Å². The second kappa shape index (κ2) is 12.1. The Morgan fingerprint density at radius 3 is 1.67 bits per heavy atom. The summed E-state index contributed by atoms with van der Waals surface area (Å²) >= 11 is 0. The summed E-state index contributed by atoms with van der Waals surface area (Å²) in [5, 5.41) is 7.12. The largest absolute Gasteiger partial charge is 0.309 e. The molecule has 4 aromatic heterocycles. The quantitative estimate of drug-likeness (QED) is 0.179. The lowest BCUT2D eigenvalue weighted by molar-refractivity contribution is 1.08. The monoisotopic (exact) mass is 775 g/mol. The van der Waals surface area contributed by atoms with Gasteiger partial charge >= 0.3 is 0 Å². The Bertz CT molecular complexity index is 4000. The van der Waals surface area contributed by atoms with Crippen LogP contribution in [-0.2, 0) is 0 Å². The van der Waals surface area contributed by atoms with Crippen LogP contribution in [0.5, 0.6) is 0 Å². The number of nitrogens with zero attached hydrogens (tertiary/aromatic N) is 5. The van der Waals surface area contributed by atoms with Crippen molar-refractivity contribution in [2.75, 3.05) is 0 Å². The van der Waals surface area contributed by atoms with Crippen LogP contribution in [0.1, 0.15) is 0 Å². The van der Waals surface area contributed by atoms with Crippen molar-refractivity contribution in [2.24, 2.45) is 0 Å². The SMILES string of the molecule is c1ccc(-n2c3ccccc3c3c(-c4nc5ccccc5nc4-n4c5ccccc5c5c6c7c(cc54)c4ccccc4n7-c4ccccc4-c4ccccc4-6)cccc32)cc1. The van der Waals surface area contributed by atoms with Crippen molar-refractivity contribution < 1.29 is 0 Å². The van der Waals surface area contributed by atoms with Crippen molar-refractivity contribution in [1.29, 1.82) is 0 Å². The Kier molecular flexibility index (Phi) is 6.49. The predicted molar refractivity (Wildman–Crippen MR) is 252 cm³/mol. The minimum Gasteiger partial charge on any atom is -0.309 e. The van der Waals surface area contributed by atoms with Crippen LogP contribution >= 0.6 is 0 Å². The molecule has 0 aliphatic carbocycles. The molecule has 1 aliphatic rings. The van der Waals surface area contributed by atoms with Crippen molar-refractivity contribution in [3.63, 3.8) is 0 Å². The molecule has 1 aliphatic heterocycles. The molecule has 5 heterocycles. The molecule has 0 saturated heterocycles. The van der Waals surface area contributed by atoms with Crippen molar-refractivity contribution >= 4 is 76.5 Å². The number of hydrogen-bond acceptors (Lipinski definition) is 2. The van der Waals surface area contributed by atoms with Crippen molar-refractivity contribution in [3.05, 3.63) is 200 Å². The van der Waals surface area contributed by atoms with E-state index < -0.39 is 0 Å². The molecule has 14 rings (SSSR count). The van der Waals surface area contributed by atoms with Gasteiger partial charge in [0.2, 0.25) is 0 Å². The average molecular weight is 776 g/mol. The summed E-state index contributed by atoms with van der Waals surface area (Å²) in [5.41, 5.74) is 17.7. The third kappa shape index (κ3) is 4.34. The molecule has 61 heavy (non-hydrogen) atoms. The van der Waals surface area contributed by atoms with Gasteiger partial charge in [0.25, 0.3) is 0 Å². The summed E-state index contributed by atoms with van der Waals surface area (Å²) < 4.78 is 7.28. The molecular formula is C56H33N5. The maximum Gasteiger partial charge on any atom is 0.165 e. The zero-order valence-electron chi connectivity index (χ0n) is 32.8. The number of aromatic nitrogens is 5. The number of rotatable bonds is 3. The molecule has 0 fully saturated rings. The lowest BCUT2D eigenvalue weighted by Crippen LogP contribution is -2.04. The van der Waals surface area contributed by atoms with Crippen LogP contribution in [0.25, 0.3) is 127 Å². The summed E-state index contributed by atoms with van der Waals surface area (Å²) in [7, 11) is 0. The first-order valence-electron chi connectivity index (χ1n) is 20.9. The molecule has 5 heteroatoms. The van der Waals surface area contributed by atoms with Gasteiger partial charge in [-0.1, -0.05) is 140 Å². The van der Waals surface area contributed by atoms with Crippen LogP contribution in [0.15, 0.2) is 200 Å². The van der Waals surface area contributed by atoms with Crippen LogP contribution in [0, 0.1) is 0 Å². The van der Waals surface area contributed by atoms with Gasteiger partial charge in [0.05, 0.1) is 49.8 Å². The predicted octanol–water partition coefficient (Wildman–Crippen LogP) is 14.2. The van der Waals surface area contributed by atoms with Crippen LogP contribution in [0.2, 0.25) is 0 Å². The first kappa shape index (κ1) is 32.7. The number of benzene rings is 9. The van der Waals surface area contributed by atoms with E-state index in [1.165, 1.54) is 65.9 Å². The summed E-state index contributed by atoms with van der Waals surface area (Å²) in [5.74, 6) is 0.800. The minimum absolute atomic E-state index is 0.800. The standard InChI is InChI=1S/C56H33N5/c1-2-17-34(18-3-1)59-47-30-14-8-23-39(47)51-41(25-16-32-49(51)59)54-56(58-44-27-11-10-26-43(44)57-54)61-48-31-15-9-24-40(48)52-50(61)33-42-37-21-7-13-29-46(37)60-45-28-12-6-20-36(45)35-19-4-5-22-38(35)53(52)55(42)60/h1-33H. The molecule has 0 N–H and O–H groups in total. The van der Waals surface area contributed by atoms with Gasteiger partial charge in [0, 0.05) is 54.7 Å². The van der Waals surface area contributed by atoms with E-state index in [2.05, 4.69) is 214 Å². The van der Waals surface area contributed by atoms with Gasteiger partial charge in [-0.2, -0.15) is 0 Å². The first-order valence-corrected chi connectivity index (χ1v) is 20.9. The first-order chi connectivity index (χ1) is 30.3. The second-order valence-electron chi connectivity index (χ2n) is 16.1. The maximum absolute atomic E-state index is 5.65. The molecule has 0 amide bonds. The number of fused-ring (bicyclic) bond motifs is 16. The molecular weight excluding hydrogens is 743 g/mol. The van der Waals surface area contributed by atoms with E-state index in [9.17, 15) is 0 Å². The highest BCUT2D eigenvalue weighted by molar-refractivity contribution is 6.29. The minimum atomic E-state index is 0.800. The van der Waals surface area contributed by atoms with E-state index in [0.717, 1.165) is 61.2 Å². The molecule has 0 spiro atoms. The lowest BCUT2D eigenvalue weighted by Gasteiger charge is -2.16. The molecule has 0 bridgehead atoms. The summed E-state index contributed by atoms with van der Waals surface area (Å²) in [4.78, 5) is 11.3. The highest BCUT2D eigenvalue weighted by atomic mass is 15.1. The Balaban J connectivity index is 1.18. The highest BCUT2D eigenvalue weighted by Gasteiger charge is 2.30. The number of hydrogen-bond donors (Lipinski definition) is 0. The van der Waals surface area contributed by atoms with Gasteiger partial charge in [0.1, 0.15) is 5.69 Å². The van der Waals surface area contributed by atoms with Crippen LogP contribution < -0.4 is 0 Å². The van der Waals surface area contributed by atoms with Gasteiger partial charge in [-0.05, 0) is 71.8 Å². The molecule has 0 radical (unpaired) electrons. The van der Waals surface area contributed by atoms with Crippen LogP contribution in [0.3, 0.4) is 0 Å². The summed E-state index contributed by atoms with van der Waals surface area (Å²) in [6.45, 7) is 0. The fourth-order valence-corrected chi connectivity index (χ4v) is 10.5. The number of para-hydroxylation sites is 7. The molecule has 282 valence electrons. The summed E-state index contributed by atoms with van der Waals surface area (Å²) in [6, 6.07) is 72.2. The van der Waals surface area contributed by atoms with Gasteiger partial charge < -0.3 is 9.13 Å². The van der Waals surface area contributed by atoms with E-state index in [0.29, 0.717) is 0 Å². The molecule has 5 nitrogen and oxygen atoms in total. The van der Waals surface area contributed by atoms with Gasteiger partial charge in [0.15, 0.2) is 5.82 Å². The van der Waals surface area contributed by atoms with Crippen LogP contribution in [-0.4, -0.2) is 23.7 Å². The highest BCUT2D eigenvalue weighted by Crippen LogP contribution is 2.52. The van der Waals surface area contributed by atoms with Gasteiger partial charge in [-0.25, -0.2) is 9.97 Å². The Morgan fingerprint density at radius 1 is 0.328 bits per heavy atom. The topological polar surface area (TPSA) is 40.6 Å². The average Bonchev–Trinajstić information content (AvgIpc) is 3.93. The third-order valence-corrected chi connectivity index (χ3v) is 13.0. The smallest absolute Gasteiger partial charge is 0.165 e. The Hall–Kier alpha value is -8.28.